The number of likely N-dealkylation sites (tertiary alicyclic amines) is 1. The van der Waals surface area contributed by atoms with Crippen molar-refractivity contribution in [1.82, 2.24) is 4.90 Å². The van der Waals surface area contributed by atoms with Gasteiger partial charge in [0.25, 0.3) is 0 Å². The predicted octanol–water partition coefficient (Wildman–Crippen LogP) is 3.99. The van der Waals surface area contributed by atoms with Crippen molar-refractivity contribution < 1.29 is 19.4 Å². The molecule has 2 aromatic rings. The Morgan fingerprint density at radius 3 is 2.89 bits per heavy atom. The highest BCUT2D eigenvalue weighted by atomic mass is 32.1. The highest BCUT2D eigenvalue weighted by molar-refractivity contribution is 7.12. The van der Waals surface area contributed by atoms with Crippen LogP contribution in [0.2, 0.25) is 0 Å². The molecule has 0 spiro atoms. The number of thiophene rings is 1. The zero-order valence-corrected chi connectivity index (χ0v) is 17.1. The molecule has 2 aliphatic heterocycles. The van der Waals surface area contributed by atoms with Crippen LogP contribution in [0, 0.1) is 12.8 Å². The molecule has 148 valence electrons. The number of aryl methyl sites for hydroxylation is 2. The minimum Gasteiger partial charge on any atom is -0.488 e. The minimum absolute atomic E-state index is 0.224. The average molecular weight is 400 g/mol. The van der Waals surface area contributed by atoms with E-state index in [0.29, 0.717) is 26.3 Å². The maximum Gasteiger partial charge on any atom is 0.309 e. The van der Waals surface area contributed by atoms with Crippen molar-refractivity contribution in [2.75, 3.05) is 26.2 Å². The summed E-state index contributed by atoms with van der Waals surface area (Å²) >= 11 is 1.82. The summed E-state index contributed by atoms with van der Waals surface area (Å²) in [4.78, 5) is 15.7. The van der Waals surface area contributed by atoms with Gasteiger partial charge in [-0.05, 0) is 48.8 Å². The predicted molar refractivity (Wildman–Crippen MR) is 110 cm³/mol. The van der Waals surface area contributed by atoms with Crippen LogP contribution in [-0.2, 0) is 17.8 Å². The lowest BCUT2D eigenvalue weighted by molar-refractivity contribution is -0.147. The summed E-state index contributed by atoms with van der Waals surface area (Å²) in [5.74, 6) is 0.723. The van der Waals surface area contributed by atoms with Crippen molar-refractivity contribution in [3.8, 4) is 11.5 Å². The highest BCUT2D eigenvalue weighted by Crippen LogP contribution is 2.32. The first-order valence-corrected chi connectivity index (χ1v) is 10.5. The van der Waals surface area contributed by atoms with Crippen LogP contribution in [0.25, 0.3) is 6.08 Å². The molecule has 1 aromatic heterocycles. The number of fused-ring (bicyclic) bond motifs is 1. The summed E-state index contributed by atoms with van der Waals surface area (Å²) in [6.45, 7) is 7.44. The number of hydrogen-bond acceptors (Lipinski definition) is 5. The first-order valence-electron chi connectivity index (χ1n) is 9.64. The van der Waals surface area contributed by atoms with E-state index in [1.54, 1.807) is 0 Å². The van der Waals surface area contributed by atoms with E-state index in [4.69, 9.17) is 14.6 Å². The third-order valence-electron chi connectivity index (χ3n) is 5.26. The molecule has 28 heavy (non-hydrogen) atoms. The topological polar surface area (TPSA) is 59.0 Å². The molecule has 1 fully saturated rings. The van der Waals surface area contributed by atoms with Crippen LogP contribution in [-0.4, -0.2) is 42.2 Å². The second kappa shape index (κ2) is 7.97. The maximum atomic E-state index is 10.9. The summed E-state index contributed by atoms with van der Waals surface area (Å²) in [5.41, 5.74) is 3.56. The SMILES string of the molecule is CCc1sc(COc2ccc3c(c2)OCC(CN2CC(C(=O)O)C2)=C3)cc1C. The molecule has 0 aliphatic carbocycles. The van der Waals surface area contributed by atoms with Gasteiger partial charge in [0, 0.05) is 41.0 Å². The standard InChI is InChI=1S/C22H25NO4S/c1-3-21-14(2)6-19(28-21)13-26-18-5-4-16-7-15(12-27-20(16)8-18)9-23-10-17(11-23)22(24)25/h4-8,17H,3,9-13H2,1-2H3,(H,24,25). The molecular formula is C22H25NO4S. The molecule has 4 rings (SSSR count). The number of nitrogens with zero attached hydrogens (tertiary/aromatic N) is 1. The fourth-order valence-corrected chi connectivity index (χ4v) is 4.72. The lowest BCUT2D eigenvalue weighted by Crippen LogP contribution is -2.51. The normalized spacial score (nSPS) is 16.7. The van der Waals surface area contributed by atoms with E-state index < -0.39 is 5.97 Å². The lowest BCUT2D eigenvalue weighted by atomic mass is 9.98. The van der Waals surface area contributed by atoms with Crippen LogP contribution in [0.15, 0.2) is 29.8 Å². The molecule has 1 N–H and O–H groups in total. The van der Waals surface area contributed by atoms with Gasteiger partial charge in [-0.3, -0.25) is 9.69 Å². The Morgan fingerprint density at radius 2 is 2.18 bits per heavy atom. The Bertz CT molecular complexity index is 911. The fourth-order valence-electron chi connectivity index (χ4n) is 3.68. The molecule has 1 saturated heterocycles. The number of carbonyl (C=O) groups is 1. The molecule has 0 radical (unpaired) electrons. The van der Waals surface area contributed by atoms with Crippen molar-refractivity contribution >= 4 is 23.4 Å². The molecule has 0 amide bonds. The number of aliphatic carboxylic acids is 1. The van der Waals surface area contributed by atoms with Gasteiger partial charge in [-0.2, -0.15) is 0 Å². The van der Waals surface area contributed by atoms with Crippen LogP contribution in [0.4, 0.5) is 0 Å². The molecule has 0 unspecified atom stereocenters. The maximum absolute atomic E-state index is 10.9. The number of rotatable bonds is 7. The molecule has 1 aromatic carbocycles. The average Bonchev–Trinajstić information content (AvgIpc) is 3.02. The summed E-state index contributed by atoms with van der Waals surface area (Å²) in [5, 5.41) is 8.98. The van der Waals surface area contributed by atoms with E-state index in [2.05, 4.69) is 30.9 Å². The Labute approximate surface area is 169 Å². The second-order valence-electron chi connectivity index (χ2n) is 7.48. The van der Waals surface area contributed by atoms with Crippen molar-refractivity contribution in [2.24, 2.45) is 5.92 Å². The zero-order chi connectivity index (χ0) is 19.7. The molecule has 3 heterocycles. The van der Waals surface area contributed by atoms with Gasteiger partial charge in [0.2, 0.25) is 0 Å². The van der Waals surface area contributed by atoms with Crippen LogP contribution in [0.5, 0.6) is 11.5 Å². The Balaban J connectivity index is 1.35. The first-order chi connectivity index (χ1) is 13.5. The summed E-state index contributed by atoms with van der Waals surface area (Å²) in [7, 11) is 0. The van der Waals surface area contributed by atoms with Crippen LogP contribution >= 0.6 is 11.3 Å². The summed E-state index contributed by atoms with van der Waals surface area (Å²) < 4.78 is 11.9. The van der Waals surface area contributed by atoms with E-state index in [-0.39, 0.29) is 5.92 Å². The van der Waals surface area contributed by atoms with Crippen LogP contribution in [0.3, 0.4) is 0 Å². The summed E-state index contributed by atoms with van der Waals surface area (Å²) in [6.07, 6.45) is 3.21. The number of benzene rings is 1. The Morgan fingerprint density at radius 1 is 1.36 bits per heavy atom. The highest BCUT2D eigenvalue weighted by Gasteiger charge is 2.32. The Kier molecular flexibility index (Phi) is 5.42. The van der Waals surface area contributed by atoms with E-state index in [0.717, 1.165) is 30.0 Å². The number of carboxylic acid groups (broad SMARTS) is 1. The van der Waals surface area contributed by atoms with Gasteiger partial charge in [0.1, 0.15) is 24.7 Å². The van der Waals surface area contributed by atoms with Gasteiger partial charge in [0.05, 0.1) is 5.92 Å². The van der Waals surface area contributed by atoms with Gasteiger partial charge in [-0.1, -0.05) is 6.92 Å². The van der Waals surface area contributed by atoms with Crippen LogP contribution < -0.4 is 9.47 Å². The Hall–Kier alpha value is -2.31. The van der Waals surface area contributed by atoms with Crippen LogP contribution in [0.1, 0.15) is 27.8 Å². The van der Waals surface area contributed by atoms with Crippen molar-refractivity contribution in [2.45, 2.75) is 26.9 Å². The molecule has 0 bridgehead atoms. The second-order valence-corrected chi connectivity index (χ2v) is 8.70. The molecule has 0 atom stereocenters. The molecule has 0 saturated carbocycles. The van der Waals surface area contributed by atoms with Gasteiger partial charge >= 0.3 is 5.97 Å². The van der Waals surface area contributed by atoms with Crippen molar-refractivity contribution in [3.63, 3.8) is 0 Å². The van der Waals surface area contributed by atoms with E-state index >= 15 is 0 Å². The van der Waals surface area contributed by atoms with Crippen molar-refractivity contribution in [1.29, 1.82) is 0 Å². The largest absolute Gasteiger partial charge is 0.488 e. The smallest absolute Gasteiger partial charge is 0.309 e. The third kappa shape index (κ3) is 4.08. The third-order valence-corrected chi connectivity index (χ3v) is 6.62. The lowest BCUT2D eigenvalue weighted by Gasteiger charge is -2.37. The monoisotopic (exact) mass is 399 g/mol. The first kappa shape index (κ1) is 19.0. The van der Waals surface area contributed by atoms with Gasteiger partial charge in [-0.25, -0.2) is 0 Å². The summed E-state index contributed by atoms with van der Waals surface area (Å²) in [6, 6.07) is 8.16. The van der Waals surface area contributed by atoms with Gasteiger partial charge in [-0.15, -0.1) is 11.3 Å². The molecule has 5 nitrogen and oxygen atoms in total. The van der Waals surface area contributed by atoms with Gasteiger partial charge in [0.15, 0.2) is 0 Å². The number of carboxylic acids is 1. The van der Waals surface area contributed by atoms with E-state index in [9.17, 15) is 4.79 Å². The quantitative estimate of drug-likeness (QED) is 0.763. The number of ether oxygens (including phenoxy) is 2. The van der Waals surface area contributed by atoms with E-state index in [1.807, 2.05) is 29.5 Å². The molecule has 6 heteroatoms. The van der Waals surface area contributed by atoms with Gasteiger partial charge < -0.3 is 14.6 Å². The van der Waals surface area contributed by atoms with E-state index in [1.165, 1.54) is 20.9 Å². The molecular weight excluding hydrogens is 374 g/mol. The minimum atomic E-state index is -0.702. The number of hydrogen-bond donors (Lipinski definition) is 1. The fraction of sp³-hybridized carbons (Fsp3) is 0.409. The molecule has 2 aliphatic rings. The zero-order valence-electron chi connectivity index (χ0n) is 16.2. The van der Waals surface area contributed by atoms with Crippen molar-refractivity contribution in [3.05, 3.63) is 50.7 Å².